The van der Waals surface area contributed by atoms with Crippen LogP contribution in [0.5, 0.6) is 5.75 Å². The quantitative estimate of drug-likeness (QED) is 0.635. The fourth-order valence-corrected chi connectivity index (χ4v) is 2.54. The van der Waals surface area contributed by atoms with Crippen molar-refractivity contribution in [2.24, 2.45) is 0 Å². The normalized spacial score (nSPS) is 12.0. The molecule has 0 amide bonds. The maximum Gasteiger partial charge on any atom is 0.316 e. The topological polar surface area (TPSA) is 55.8 Å². The number of rotatable bonds is 6. The highest BCUT2D eigenvalue weighted by Crippen LogP contribution is 2.34. The van der Waals surface area contributed by atoms with Crippen LogP contribution in [0.15, 0.2) is 23.1 Å². The zero-order chi connectivity index (χ0) is 13.5. The van der Waals surface area contributed by atoms with Gasteiger partial charge in [0.15, 0.2) is 0 Å². The van der Waals surface area contributed by atoms with Crippen LogP contribution in [0, 0.1) is 0 Å². The van der Waals surface area contributed by atoms with Crippen LogP contribution in [0.2, 0.25) is 0 Å². The van der Waals surface area contributed by atoms with E-state index in [2.05, 4.69) is 0 Å². The Morgan fingerprint density at radius 1 is 1.50 bits per heavy atom. The van der Waals surface area contributed by atoms with Crippen molar-refractivity contribution in [3.8, 4) is 5.75 Å². The fourth-order valence-electron chi connectivity index (χ4n) is 1.58. The lowest BCUT2D eigenvalue weighted by atomic mass is 10.1. The van der Waals surface area contributed by atoms with Gasteiger partial charge < -0.3 is 14.6 Å². The summed E-state index contributed by atoms with van der Waals surface area (Å²) < 4.78 is 10.1. The van der Waals surface area contributed by atoms with Gasteiger partial charge in [-0.3, -0.25) is 4.79 Å². The Hall–Kier alpha value is -1.20. The number of ether oxygens (including phenoxy) is 2. The van der Waals surface area contributed by atoms with Crippen LogP contribution in [0.3, 0.4) is 0 Å². The highest BCUT2D eigenvalue weighted by atomic mass is 32.2. The first kappa shape index (κ1) is 14.9. The number of thioether (sulfide) groups is 1. The van der Waals surface area contributed by atoms with E-state index in [4.69, 9.17) is 9.47 Å². The van der Waals surface area contributed by atoms with E-state index in [-0.39, 0.29) is 11.7 Å². The smallest absolute Gasteiger partial charge is 0.316 e. The number of aliphatic hydroxyl groups is 1. The summed E-state index contributed by atoms with van der Waals surface area (Å²) in [6.07, 6.45) is -0.647. The van der Waals surface area contributed by atoms with Crippen LogP contribution >= 0.6 is 11.8 Å². The third-order valence-corrected chi connectivity index (χ3v) is 3.36. The minimum Gasteiger partial charge on any atom is -0.496 e. The lowest BCUT2D eigenvalue weighted by Gasteiger charge is -2.15. The van der Waals surface area contributed by atoms with E-state index in [1.165, 1.54) is 11.8 Å². The first-order valence-electron chi connectivity index (χ1n) is 5.73. The zero-order valence-corrected chi connectivity index (χ0v) is 11.6. The molecule has 0 fully saturated rings. The Morgan fingerprint density at radius 3 is 2.78 bits per heavy atom. The first-order valence-corrected chi connectivity index (χ1v) is 6.72. The van der Waals surface area contributed by atoms with Crippen molar-refractivity contribution in [3.05, 3.63) is 23.8 Å². The van der Waals surface area contributed by atoms with E-state index < -0.39 is 6.10 Å². The van der Waals surface area contributed by atoms with Gasteiger partial charge in [0.25, 0.3) is 0 Å². The number of hydrogen-bond donors (Lipinski definition) is 1. The van der Waals surface area contributed by atoms with Crippen molar-refractivity contribution in [2.75, 3.05) is 19.5 Å². The van der Waals surface area contributed by atoms with Gasteiger partial charge in [-0.25, -0.2) is 0 Å². The van der Waals surface area contributed by atoms with E-state index in [1.54, 1.807) is 27.0 Å². The molecule has 1 aromatic rings. The van der Waals surface area contributed by atoms with Crippen molar-refractivity contribution in [3.63, 3.8) is 0 Å². The van der Waals surface area contributed by atoms with Gasteiger partial charge in [0, 0.05) is 10.5 Å². The number of carbonyl (C=O) groups excluding carboxylic acids is 1. The summed E-state index contributed by atoms with van der Waals surface area (Å²) in [5.74, 6) is 0.585. The largest absolute Gasteiger partial charge is 0.496 e. The van der Waals surface area contributed by atoms with Crippen molar-refractivity contribution in [2.45, 2.75) is 24.8 Å². The SMILES string of the molecule is CCOC(=O)CSc1cccc(OC)c1[C@@H](C)O. The number of esters is 1. The fraction of sp³-hybridized carbons (Fsp3) is 0.462. The number of benzene rings is 1. The molecule has 0 saturated carbocycles. The van der Waals surface area contributed by atoms with Crippen LogP contribution in [-0.4, -0.2) is 30.5 Å². The first-order chi connectivity index (χ1) is 8.60. The predicted molar refractivity (Wildman–Crippen MR) is 71.0 cm³/mol. The van der Waals surface area contributed by atoms with Crippen LogP contribution in [0.25, 0.3) is 0 Å². The van der Waals surface area contributed by atoms with E-state index in [9.17, 15) is 9.90 Å². The Kier molecular flexibility index (Phi) is 6.01. The van der Waals surface area contributed by atoms with Crippen molar-refractivity contribution < 1.29 is 19.4 Å². The highest BCUT2D eigenvalue weighted by molar-refractivity contribution is 8.00. The lowest BCUT2D eigenvalue weighted by molar-refractivity contribution is -0.139. The average molecular weight is 270 g/mol. The summed E-state index contributed by atoms with van der Waals surface area (Å²) in [5, 5.41) is 9.78. The van der Waals surface area contributed by atoms with E-state index in [1.807, 2.05) is 12.1 Å². The molecule has 0 spiro atoms. The zero-order valence-electron chi connectivity index (χ0n) is 10.8. The molecule has 1 rings (SSSR count). The number of methoxy groups -OCH3 is 1. The van der Waals surface area contributed by atoms with Crippen LogP contribution in [-0.2, 0) is 9.53 Å². The second-order valence-electron chi connectivity index (χ2n) is 3.64. The van der Waals surface area contributed by atoms with Gasteiger partial charge in [-0.05, 0) is 26.0 Å². The summed E-state index contributed by atoms with van der Waals surface area (Å²) in [6, 6.07) is 5.48. The molecule has 0 aliphatic heterocycles. The van der Waals surface area contributed by atoms with E-state index in [0.717, 1.165) is 4.90 Å². The highest BCUT2D eigenvalue weighted by Gasteiger charge is 2.15. The standard InChI is InChI=1S/C13H18O4S/c1-4-17-12(15)8-18-11-7-5-6-10(16-3)13(11)9(2)14/h5-7,9,14H,4,8H2,1-3H3/t9-/m1/s1. The van der Waals surface area contributed by atoms with Gasteiger partial charge in [-0.2, -0.15) is 0 Å². The molecule has 0 saturated heterocycles. The Bertz CT molecular complexity index is 404. The molecule has 0 unspecified atom stereocenters. The number of aliphatic hydroxyl groups excluding tert-OH is 1. The van der Waals surface area contributed by atoms with Gasteiger partial charge in [0.1, 0.15) is 5.75 Å². The maximum atomic E-state index is 11.3. The molecular formula is C13H18O4S. The molecular weight excluding hydrogens is 252 g/mol. The Balaban J connectivity index is 2.84. The van der Waals surface area contributed by atoms with Crippen LogP contribution in [0.4, 0.5) is 0 Å². The third-order valence-electron chi connectivity index (χ3n) is 2.31. The molecule has 0 heterocycles. The Morgan fingerprint density at radius 2 is 2.22 bits per heavy atom. The number of carbonyl (C=O) groups is 1. The van der Waals surface area contributed by atoms with E-state index in [0.29, 0.717) is 17.9 Å². The summed E-state index contributed by atoms with van der Waals surface area (Å²) in [6.45, 7) is 3.82. The summed E-state index contributed by atoms with van der Waals surface area (Å²) in [4.78, 5) is 12.1. The molecule has 0 radical (unpaired) electrons. The molecule has 0 aliphatic carbocycles. The molecule has 0 aromatic heterocycles. The minimum absolute atomic E-state index is 0.223. The van der Waals surface area contributed by atoms with Gasteiger partial charge >= 0.3 is 5.97 Å². The van der Waals surface area contributed by atoms with E-state index >= 15 is 0 Å². The van der Waals surface area contributed by atoms with Gasteiger partial charge in [0.2, 0.25) is 0 Å². The molecule has 18 heavy (non-hydrogen) atoms. The molecule has 4 nitrogen and oxygen atoms in total. The second-order valence-corrected chi connectivity index (χ2v) is 4.66. The number of hydrogen-bond acceptors (Lipinski definition) is 5. The van der Waals surface area contributed by atoms with Crippen LogP contribution < -0.4 is 4.74 Å². The maximum absolute atomic E-state index is 11.3. The van der Waals surface area contributed by atoms with Crippen molar-refractivity contribution in [1.29, 1.82) is 0 Å². The summed E-state index contributed by atoms with van der Waals surface area (Å²) >= 11 is 1.34. The second kappa shape index (κ2) is 7.28. The van der Waals surface area contributed by atoms with Crippen LogP contribution in [0.1, 0.15) is 25.5 Å². The van der Waals surface area contributed by atoms with Gasteiger partial charge in [-0.15, -0.1) is 11.8 Å². The molecule has 5 heteroatoms. The average Bonchev–Trinajstić information content (AvgIpc) is 2.35. The molecule has 100 valence electrons. The molecule has 0 bridgehead atoms. The molecule has 1 aromatic carbocycles. The van der Waals surface area contributed by atoms with Gasteiger partial charge in [0.05, 0.1) is 25.6 Å². The molecule has 1 N–H and O–H groups in total. The van der Waals surface area contributed by atoms with Crippen molar-refractivity contribution >= 4 is 17.7 Å². The Labute approximate surface area is 111 Å². The lowest BCUT2D eigenvalue weighted by Crippen LogP contribution is -2.07. The van der Waals surface area contributed by atoms with Gasteiger partial charge in [-0.1, -0.05) is 6.07 Å². The summed E-state index contributed by atoms with van der Waals surface area (Å²) in [7, 11) is 1.56. The van der Waals surface area contributed by atoms with Crippen molar-refractivity contribution in [1.82, 2.24) is 0 Å². The summed E-state index contributed by atoms with van der Waals surface area (Å²) in [5.41, 5.74) is 0.703. The minimum atomic E-state index is -0.647. The predicted octanol–water partition coefficient (Wildman–Crippen LogP) is 2.40. The monoisotopic (exact) mass is 270 g/mol. The molecule has 0 aliphatic rings. The third kappa shape index (κ3) is 3.92. The molecule has 1 atom stereocenters.